The van der Waals surface area contributed by atoms with Crippen LogP contribution in [0.3, 0.4) is 0 Å². The van der Waals surface area contributed by atoms with Gasteiger partial charge in [0.05, 0.1) is 10.5 Å². The third kappa shape index (κ3) is 3.76. The average Bonchev–Trinajstić information content (AvgIpc) is 2.25. The highest BCUT2D eigenvalue weighted by molar-refractivity contribution is 7.89. The monoisotopic (exact) mass is 275 g/mol. The van der Waals surface area contributed by atoms with E-state index in [4.69, 9.17) is 0 Å². The molecular weight excluding hydrogens is 257 g/mol. The summed E-state index contributed by atoms with van der Waals surface area (Å²) in [6.45, 7) is 4.99. The summed E-state index contributed by atoms with van der Waals surface area (Å²) in [5, 5.41) is 9.71. The van der Waals surface area contributed by atoms with Gasteiger partial charge in [0.25, 0.3) is 0 Å². The van der Waals surface area contributed by atoms with Gasteiger partial charge in [-0.3, -0.25) is 0 Å². The van der Waals surface area contributed by atoms with Crippen molar-refractivity contribution in [2.45, 2.75) is 31.3 Å². The van der Waals surface area contributed by atoms with E-state index >= 15 is 0 Å². The molecule has 0 spiro atoms. The van der Waals surface area contributed by atoms with Crippen LogP contribution in [-0.4, -0.2) is 36.5 Å². The van der Waals surface area contributed by atoms with Crippen LogP contribution in [0.5, 0.6) is 0 Å². The molecule has 1 aromatic rings. The molecule has 0 amide bonds. The predicted molar refractivity (Wildman–Crippen MR) is 67.1 cm³/mol. The zero-order valence-electron chi connectivity index (χ0n) is 10.7. The van der Waals surface area contributed by atoms with Gasteiger partial charge in [0, 0.05) is 13.1 Å². The third-order valence-electron chi connectivity index (χ3n) is 2.37. The second-order valence-electron chi connectivity index (χ2n) is 4.70. The zero-order valence-corrected chi connectivity index (χ0v) is 11.5. The molecule has 0 aromatic heterocycles. The lowest BCUT2D eigenvalue weighted by Crippen LogP contribution is -2.42. The lowest BCUT2D eigenvalue weighted by atomic mass is 10.1. The van der Waals surface area contributed by atoms with Crippen LogP contribution in [0.25, 0.3) is 0 Å². The molecule has 0 radical (unpaired) electrons. The molecule has 18 heavy (non-hydrogen) atoms. The minimum absolute atomic E-state index is 0.0107. The maximum Gasteiger partial charge on any atom is 0.243 e. The quantitative estimate of drug-likeness (QED) is 0.888. The Kier molecular flexibility index (Phi) is 4.47. The molecule has 102 valence electrons. The molecular formula is C12H18FNO3S. The van der Waals surface area contributed by atoms with Crippen molar-refractivity contribution >= 4 is 10.0 Å². The number of benzene rings is 1. The first-order valence-electron chi connectivity index (χ1n) is 5.65. The van der Waals surface area contributed by atoms with Gasteiger partial charge >= 0.3 is 0 Å². The molecule has 1 aromatic carbocycles. The van der Waals surface area contributed by atoms with Gasteiger partial charge in [0.2, 0.25) is 10.0 Å². The minimum Gasteiger partial charge on any atom is -0.389 e. The summed E-state index contributed by atoms with van der Waals surface area (Å²) in [6, 6.07) is 4.64. The number of nitrogens with zero attached hydrogens (tertiary/aromatic N) is 1. The summed E-state index contributed by atoms with van der Waals surface area (Å²) in [5.41, 5.74) is -1.12. The molecule has 0 unspecified atom stereocenters. The highest BCUT2D eigenvalue weighted by atomic mass is 32.2. The summed E-state index contributed by atoms with van der Waals surface area (Å²) in [5.74, 6) is -0.487. The van der Waals surface area contributed by atoms with Crippen molar-refractivity contribution < 1.29 is 17.9 Å². The fourth-order valence-corrected chi connectivity index (χ4v) is 3.16. The molecule has 6 heteroatoms. The fraction of sp³-hybridized carbons (Fsp3) is 0.500. The third-order valence-corrected chi connectivity index (χ3v) is 4.30. The van der Waals surface area contributed by atoms with E-state index in [1.54, 1.807) is 6.92 Å². The highest BCUT2D eigenvalue weighted by Gasteiger charge is 2.28. The molecule has 0 aliphatic heterocycles. The van der Waals surface area contributed by atoms with Crippen LogP contribution in [0.4, 0.5) is 4.39 Å². The van der Waals surface area contributed by atoms with E-state index in [2.05, 4.69) is 0 Å². The fourth-order valence-electron chi connectivity index (χ4n) is 1.55. The van der Waals surface area contributed by atoms with Gasteiger partial charge in [-0.05, 0) is 38.1 Å². The van der Waals surface area contributed by atoms with Crippen LogP contribution >= 0.6 is 0 Å². The smallest absolute Gasteiger partial charge is 0.243 e. The molecule has 0 aliphatic rings. The summed E-state index contributed by atoms with van der Waals surface area (Å²) in [7, 11) is -3.69. The van der Waals surface area contributed by atoms with Crippen LogP contribution in [0.15, 0.2) is 29.2 Å². The minimum atomic E-state index is -3.69. The van der Waals surface area contributed by atoms with Crippen LogP contribution in [0.2, 0.25) is 0 Å². The Labute approximate surface area is 107 Å². The van der Waals surface area contributed by atoms with Gasteiger partial charge < -0.3 is 5.11 Å². The Morgan fingerprint density at radius 1 is 1.28 bits per heavy atom. The van der Waals surface area contributed by atoms with E-state index in [-0.39, 0.29) is 18.0 Å². The average molecular weight is 275 g/mol. The number of aliphatic hydroxyl groups is 1. The van der Waals surface area contributed by atoms with Crippen molar-refractivity contribution in [1.82, 2.24) is 4.31 Å². The number of hydrogen-bond donors (Lipinski definition) is 1. The molecule has 0 saturated heterocycles. The van der Waals surface area contributed by atoms with E-state index in [0.29, 0.717) is 0 Å². The summed E-state index contributed by atoms with van der Waals surface area (Å²) in [6.07, 6.45) is 0. The first-order valence-corrected chi connectivity index (χ1v) is 7.09. The van der Waals surface area contributed by atoms with E-state index < -0.39 is 21.4 Å². The van der Waals surface area contributed by atoms with Crippen molar-refractivity contribution in [3.05, 3.63) is 30.1 Å². The van der Waals surface area contributed by atoms with Gasteiger partial charge in [0.15, 0.2) is 0 Å². The van der Waals surface area contributed by atoms with E-state index in [1.165, 1.54) is 30.3 Å². The Morgan fingerprint density at radius 2 is 1.78 bits per heavy atom. The molecule has 0 heterocycles. The number of halogens is 1. The van der Waals surface area contributed by atoms with Crippen LogP contribution < -0.4 is 0 Å². The lowest BCUT2D eigenvalue weighted by Gasteiger charge is -2.27. The molecule has 0 saturated carbocycles. The Morgan fingerprint density at radius 3 is 2.17 bits per heavy atom. The van der Waals surface area contributed by atoms with Gasteiger partial charge in [-0.2, -0.15) is 4.31 Å². The maximum absolute atomic E-state index is 12.8. The molecule has 0 aliphatic carbocycles. The SMILES string of the molecule is CCN(CC(C)(C)O)S(=O)(=O)c1ccc(F)cc1. The predicted octanol–water partition coefficient (Wildman–Crippen LogP) is 1.61. The van der Waals surface area contributed by atoms with Crippen molar-refractivity contribution in [1.29, 1.82) is 0 Å². The highest BCUT2D eigenvalue weighted by Crippen LogP contribution is 2.18. The normalized spacial score (nSPS) is 13.0. The standard InChI is InChI=1S/C12H18FNO3S/c1-4-14(9-12(2,3)15)18(16,17)11-7-5-10(13)6-8-11/h5-8,15H,4,9H2,1-3H3. The van der Waals surface area contributed by atoms with Crippen molar-refractivity contribution in [2.24, 2.45) is 0 Å². The molecule has 1 N–H and O–H groups in total. The first-order chi connectivity index (χ1) is 8.16. The molecule has 4 nitrogen and oxygen atoms in total. The molecule has 0 atom stereocenters. The second-order valence-corrected chi connectivity index (χ2v) is 6.64. The Balaban J connectivity index is 3.07. The van der Waals surface area contributed by atoms with Gasteiger partial charge in [0.1, 0.15) is 5.82 Å². The van der Waals surface area contributed by atoms with Crippen LogP contribution in [-0.2, 0) is 10.0 Å². The van der Waals surface area contributed by atoms with E-state index in [1.807, 2.05) is 0 Å². The lowest BCUT2D eigenvalue weighted by molar-refractivity contribution is 0.0601. The second kappa shape index (κ2) is 5.34. The number of rotatable bonds is 5. The zero-order chi connectivity index (χ0) is 14.0. The summed E-state index contributed by atoms with van der Waals surface area (Å²) >= 11 is 0. The molecule has 0 bridgehead atoms. The molecule has 0 fully saturated rings. The summed E-state index contributed by atoms with van der Waals surface area (Å²) in [4.78, 5) is 0.0231. The first kappa shape index (κ1) is 15.1. The van der Waals surface area contributed by atoms with Crippen molar-refractivity contribution in [3.8, 4) is 0 Å². The van der Waals surface area contributed by atoms with Crippen molar-refractivity contribution in [2.75, 3.05) is 13.1 Å². The number of hydrogen-bond acceptors (Lipinski definition) is 3. The van der Waals surface area contributed by atoms with E-state index in [0.717, 1.165) is 12.1 Å². The topological polar surface area (TPSA) is 57.6 Å². The number of likely N-dealkylation sites (N-methyl/N-ethyl adjacent to an activating group) is 1. The van der Waals surface area contributed by atoms with Crippen LogP contribution in [0.1, 0.15) is 20.8 Å². The van der Waals surface area contributed by atoms with Gasteiger partial charge in [-0.15, -0.1) is 0 Å². The van der Waals surface area contributed by atoms with E-state index in [9.17, 15) is 17.9 Å². The molecule has 1 rings (SSSR count). The number of sulfonamides is 1. The Hall–Kier alpha value is -0.980. The maximum atomic E-state index is 12.8. The Bertz CT molecular complexity index is 491. The summed E-state index contributed by atoms with van der Waals surface area (Å²) < 4.78 is 38.4. The van der Waals surface area contributed by atoms with Gasteiger partial charge in [-0.1, -0.05) is 6.92 Å². The van der Waals surface area contributed by atoms with Gasteiger partial charge in [-0.25, -0.2) is 12.8 Å². The largest absolute Gasteiger partial charge is 0.389 e. The van der Waals surface area contributed by atoms with Crippen LogP contribution in [0, 0.1) is 5.82 Å². The van der Waals surface area contributed by atoms with Crippen molar-refractivity contribution in [3.63, 3.8) is 0 Å².